The maximum Gasteiger partial charge on any atom is 0.312 e. The van der Waals surface area contributed by atoms with E-state index in [1.807, 2.05) is 6.92 Å². The first-order valence-corrected chi connectivity index (χ1v) is 27.4. The van der Waals surface area contributed by atoms with E-state index in [1.165, 1.54) is 12.5 Å². The molecule has 5 heterocycles. The maximum absolute atomic E-state index is 13.3. The highest BCUT2D eigenvalue weighted by Gasteiger charge is 2.74. The average molecular weight is 1090 g/mol. The molecule has 76 heavy (non-hydrogen) atoms. The lowest BCUT2D eigenvalue weighted by Crippen LogP contribution is -2.69. The minimum absolute atomic E-state index is 0.0750. The molecule has 0 aromatic carbocycles. The van der Waals surface area contributed by atoms with Crippen LogP contribution in [-0.2, 0) is 47.4 Å². The normalized spacial score (nSPS) is 56.8. The summed E-state index contributed by atoms with van der Waals surface area (Å²) in [4.78, 5) is 13.3. The van der Waals surface area contributed by atoms with Gasteiger partial charge in [0.1, 0.15) is 91.6 Å². The summed E-state index contributed by atoms with van der Waals surface area (Å²) in [7, 11) is 0. The van der Waals surface area contributed by atoms with Gasteiger partial charge in [-0.1, -0.05) is 46.3 Å². The molecule has 2 bridgehead atoms. The van der Waals surface area contributed by atoms with E-state index < -0.39 is 177 Å². The summed E-state index contributed by atoms with van der Waals surface area (Å²) < 4.78 is 54.9. The lowest BCUT2D eigenvalue weighted by Gasteiger charge is -2.72. The number of rotatable bonds is 11. The predicted octanol–water partition coefficient (Wildman–Crippen LogP) is -2.41. The smallest absolute Gasteiger partial charge is 0.312 e. The molecule has 0 aromatic heterocycles. The Morgan fingerprint density at radius 2 is 1.22 bits per heavy atom. The van der Waals surface area contributed by atoms with Crippen molar-refractivity contribution in [2.75, 3.05) is 26.4 Å². The molecule has 0 radical (unpaired) electrons. The minimum atomic E-state index is -1.90. The first-order chi connectivity index (χ1) is 35.7. The van der Waals surface area contributed by atoms with Crippen molar-refractivity contribution >= 4 is 5.97 Å². The van der Waals surface area contributed by atoms with Crippen molar-refractivity contribution in [3.63, 3.8) is 0 Å². The number of esters is 1. The van der Waals surface area contributed by atoms with Crippen molar-refractivity contribution in [1.29, 1.82) is 0 Å². The molecule has 5 aliphatic carbocycles. The lowest BCUT2D eigenvalue weighted by atomic mass is 9.33. The molecule has 0 unspecified atom stereocenters. The molecule has 5 aliphatic heterocycles. The number of fused-ring (bicyclic) bond motifs is 10. The number of ether oxygens (including phenoxy) is 9. The maximum atomic E-state index is 13.3. The van der Waals surface area contributed by atoms with Crippen LogP contribution in [-0.4, -0.2) is 234 Å². The van der Waals surface area contributed by atoms with Gasteiger partial charge in [0.05, 0.1) is 55.6 Å². The second-order valence-electron chi connectivity index (χ2n) is 25.8. The zero-order chi connectivity index (χ0) is 55.1. The molecule has 23 nitrogen and oxygen atoms in total. The fourth-order valence-electron chi connectivity index (χ4n) is 16.9. The third kappa shape index (κ3) is 8.57. The Balaban J connectivity index is 0.908. The van der Waals surface area contributed by atoms with Crippen LogP contribution in [0.1, 0.15) is 99.8 Å². The van der Waals surface area contributed by atoms with Gasteiger partial charge < -0.3 is 109 Å². The van der Waals surface area contributed by atoms with Crippen LogP contribution in [0.3, 0.4) is 0 Å². The molecule has 13 N–H and O–H groups in total. The fraction of sp³-hybridized carbons (Fsp3) is 0.943. The SMILES string of the molecule is C[C@@H]1O[C@@H](O[C@H]2[C@H](O[C@H]3CO[C@@H](O[C@H]4CC[C@]5(C)[C@H]6CC=C7[C@H]8C[C@]9(C)C[C@@H](OC9=O)[C@]8(CO)[C@H](O)C[C@@]7(C)[C@]6(C)CC[C@H]5C4(C)C)[C@H](O[C@@H]4O[C@H](CO)[C@@H](O)[C@H](O)[C@H]4O)[C@H]3O)O[C@H](CO)[C@@H](O)[C@@H]2O)[C@H](O)[C@H](O)[C@H]1O. The number of carbonyl (C=O) groups is 1. The largest absolute Gasteiger partial charge is 0.461 e. The molecule has 9 fully saturated rings. The predicted molar refractivity (Wildman–Crippen MR) is 256 cm³/mol. The van der Waals surface area contributed by atoms with E-state index in [0.29, 0.717) is 32.1 Å². The van der Waals surface area contributed by atoms with Crippen molar-refractivity contribution in [3.05, 3.63) is 11.6 Å². The Kier molecular flexibility index (Phi) is 15.4. The molecule has 10 rings (SSSR count). The van der Waals surface area contributed by atoms with Crippen molar-refractivity contribution in [2.24, 2.45) is 50.2 Å². The van der Waals surface area contributed by atoms with E-state index in [1.54, 1.807) is 0 Å². The van der Waals surface area contributed by atoms with Crippen molar-refractivity contribution < 1.29 is 114 Å². The van der Waals surface area contributed by atoms with Gasteiger partial charge in [-0.15, -0.1) is 0 Å². The summed E-state index contributed by atoms with van der Waals surface area (Å²) in [5, 5.41) is 142. The van der Waals surface area contributed by atoms with Gasteiger partial charge in [-0.05, 0) is 98.2 Å². The van der Waals surface area contributed by atoms with Crippen molar-refractivity contribution in [1.82, 2.24) is 0 Å². The lowest BCUT2D eigenvalue weighted by molar-refractivity contribution is -0.394. The Hall–Kier alpha value is -1.63. The first kappa shape index (κ1) is 57.6. The highest BCUT2D eigenvalue weighted by molar-refractivity contribution is 5.79. The van der Waals surface area contributed by atoms with E-state index >= 15 is 0 Å². The summed E-state index contributed by atoms with van der Waals surface area (Å²) in [5.74, 6) is -0.264. The highest BCUT2D eigenvalue weighted by atomic mass is 16.8. The molecule has 30 atom stereocenters. The quantitative estimate of drug-likeness (QED) is 0.0582. The topological polar surface area (TPSA) is 363 Å². The zero-order valence-electron chi connectivity index (χ0n) is 44.4. The number of aliphatic hydroxyl groups excluding tert-OH is 13. The Bertz CT molecular complexity index is 2150. The molecule has 4 saturated carbocycles. The molecule has 10 aliphatic rings. The van der Waals surface area contributed by atoms with E-state index in [0.717, 1.165) is 19.3 Å². The second kappa shape index (κ2) is 20.4. The first-order valence-electron chi connectivity index (χ1n) is 27.4. The Morgan fingerprint density at radius 3 is 1.87 bits per heavy atom. The Labute approximate surface area is 441 Å². The summed E-state index contributed by atoms with van der Waals surface area (Å²) >= 11 is 0. The molecular formula is C53H84O23. The number of aliphatic hydroxyl groups is 13. The van der Waals surface area contributed by atoms with Gasteiger partial charge in [-0.2, -0.15) is 0 Å². The van der Waals surface area contributed by atoms with E-state index in [-0.39, 0.29) is 41.2 Å². The van der Waals surface area contributed by atoms with Gasteiger partial charge in [-0.25, -0.2) is 0 Å². The van der Waals surface area contributed by atoms with Gasteiger partial charge in [-0.3, -0.25) is 4.79 Å². The molecular weight excluding hydrogens is 1000 g/mol. The van der Waals surface area contributed by atoms with E-state index in [4.69, 9.17) is 42.6 Å². The fourth-order valence-corrected chi connectivity index (χ4v) is 16.9. The van der Waals surface area contributed by atoms with Crippen molar-refractivity contribution in [2.45, 2.75) is 235 Å². The van der Waals surface area contributed by atoms with Crippen LogP contribution in [0.2, 0.25) is 0 Å². The standard InChI is InChI=1S/C53H84O23/c1-21-32(58)36(62)39(65)43(69-21)76-42-38(64)34(60)25(18-55)71-46(42)72-26-19-68-45(41(35(26)61)75-44-40(66)37(63)33(59)24(17-54)70-44)73-30-11-12-50(5)27(48(30,2)3)10-13-51(6)28(50)9-8-22-23-14-49(4)16-31(74-47(49)67)53(23,20-56)29(57)15-52(22,51)7/h8,21,23-46,54-66H,9-20H2,1-7H3/t21-,23+,24+,25+,26-,27-,28+,29+,30-,31+,32-,33+,34+,35-,36+,37-,38-,39+,40+,41+,42+,43-,44-,45-,46-,49+,50-,51+,52+,53-/m0/s1. The summed E-state index contributed by atoms with van der Waals surface area (Å²) in [6.07, 6.45) is -26.0. The van der Waals surface area contributed by atoms with Crippen LogP contribution in [0.5, 0.6) is 0 Å². The van der Waals surface area contributed by atoms with Gasteiger partial charge in [0.2, 0.25) is 0 Å². The van der Waals surface area contributed by atoms with Gasteiger partial charge in [0.25, 0.3) is 0 Å². The molecule has 434 valence electrons. The summed E-state index contributed by atoms with van der Waals surface area (Å²) in [6, 6.07) is 0. The van der Waals surface area contributed by atoms with Crippen LogP contribution in [0.15, 0.2) is 11.6 Å². The van der Waals surface area contributed by atoms with Crippen molar-refractivity contribution in [3.8, 4) is 0 Å². The molecule has 0 amide bonds. The summed E-state index contributed by atoms with van der Waals surface area (Å²) in [5.41, 5.74) is -2.02. The zero-order valence-corrected chi connectivity index (χ0v) is 44.4. The molecule has 5 saturated heterocycles. The van der Waals surface area contributed by atoms with Gasteiger partial charge in [0.15, 0.2) is 25.2 Å². The van der Waals surface area contributed by atoms with Crippen LogP contribution in [0, 0.1) is 50.2 Å². The van der Waals surface area contributed by atoms with Gasteiger partial charge >= 0.3 is 5.97 Å². The monoisotopic (exact) mass is 1090 g/mol. The number of allylic oxidation sites excluding steroid dienone is 2. The van der Waals surface area contributed by atoms with E-state index in [2.05, 4.69) is 40.7 Å². The Morgan fingerprint density at radius 1 is 0.618 bits per heavy atom. The summed E-state index contributed by atoms with van der Waals surface area (Å²) in [6.45, 7) is 12.3. The third-order valence-corrected chi connectivity index (χ3v) is 21.7. The number of hydrogen-bond acceptors (Lipinski definition) is 23. The van der Waals surface area contributed by atoms with Crippen LogP contribution in [0.4, 0.5) is 0 Å². The number of hydrogen-bond donors (Lipinski definition) is 13. The van der Waals surface area contributed by atoms with Crippen LogP contribution < -0.4 is 0 Å². The second-order valence-corrected chi connectivity index (χ2v) is 25.8. The van der Waals surface area contributed by atoms with Crippen LogP contribution in [0.25, 0.3) is 0 Å². The molecule has 0 spiro atoms. The molecule has 23 heteroatoms. The van der Waals surface area contributed by atoms with Crippen LogP contribution >= 0.6 is 0 Å². The highest BCUT2D eigenvalue weighted by Crippen LogP contribution is 2.76. The third-order valence-electron chi connectivity index (χ3n) is 21.7. The number of carbonyl (C=O) groups excluding carboxylic acids is 1. The minimum Gasteiger partial charge on any atom is -0.461 e. The van der Waals surface area contributed by atoms with Gasteiger partial charge in [0, 0.05) is 6.42 Å². The van der Waals surface area contributed by atoms with E-state index in [9.17, 15) is 71.2 Å². The average Bonchev–Trinajstić information content (AvgIpc) is 3.63. The molecule has 0 aromatic rings.